The molecule has 1 fully saturated rings. The molecule has 0 aliphatic heterocycles. The van der Waals surface area contributed by atoms with E-state index in [4.69, 9.17) is 9.84 Å². The van der Waals surface area contributed by atoms with Gasteiger partial charge in [0.2, 0.25) is 0 Å². The molecule has 6 nitrogen and oxygen atoms in total. The van der Waals surface area contributed by atoms with E-state index >= 15 is 0 Å². The fourth-order valence-electron chi connectivity index (χ4n) is 4.39. The third kappa shape index (κ3) is 5.37. The van der Waals surface area contributed by atoms with E-state index in [-0.39, 0.29) is 17.5 Å². The van der Waals surface area contributed by atoms with Crippen molar-refractivity contribution in [1.82, 2.24) is 15.1 Å². The Morgan fingerprint density at radius 2 is 1.97 bits per heavy atom. The molecule has 6 heteroatoms. The lowest BCUT2D eigenvalue weighted by Crippen LogP contribution is -2.36. The fourth-order valence-corrected chi connectivity index (χ4v) is 4.39. The van der Waals surface area contributed by atoms with Crippen LogP contribution in [-0.4, -0.2) is 28.3 Å². The Balaban J connectivity index is 1.73. The highest BCUT2D eigenvalue weighted by Crippen LogP contribution is 2.31. The summed E-state index contributed by atoms with van der Waals surface area (Å²) in [6.45, 7) is 4.56. The number of amides is 1. The largest absolute Gasteiger partial charge is 0.494 e. The molecule has 1 aliphatic rings. The Labute approximate surface area is 200 Å². The second-order valence-electron chi connectivity index (χ2n) is 8.60. The van der Waals surface area contributed by atoms with Gasteiger partial charge in [-0.2, -0.15) is 10.4 Å². The number of aryl methyl sites for hydroxylation is 1. The van der Waals surface area contributed by atoms with Crippen LogP contribution in [0.1, 0.15) is 50.2 Å². The molecule has 34 heavy (non-hydrogen) atoms. The van der Waals surface area contributed by atoms with E-state index in [1.165, 1.54) is 6.42 Å². The number of hydrogen-bond acceptors (Lipinski definition) is 4. The van der Waals surface area contributed by atoms with Gasteiger partial charge in [0.05, 0.1) is 12.3 Å². The second-order valence-corrected chi connectivity index (χ2v) is 8.60. The van der Waals surface area contributed by atoms with Crippen LogP contribution >= 0.6 is 0 Å². The molecule has 0 atom stereocenters. The van der Waals surface area contributed by atoms with Crippen LogP contribution in [0.5, 0.6) is 5.75 Å². The van der Waals surface area contributed by atoms with Gasteiger partial charge in [0.1, 0.15) is 23.1 Å². The molecule has 1 amide bonds. The quantitative estimate of drug-likeness (QED) is 0.372. The molecule has 2 aromatic carbocycles. The topological polar surface area (TPSA) is 79.9 Å². The summed E-state index contributed by atoms with van der Waals surface area (Å²) in [6, 6.07) is 17.9. The van der Waals surface area contributed by atoms with Crippen LogP contribution in [0.4, 0.5) is 0 Å². The number of benzene rings is 2. The van der Waals surface area contributed by atoms with Gasteiger partial charge in [-0.1, -0.05) is 37.5 Å². The normalized spacial score (nSPS) is 14.4. The van der Waals surface area contributed by atoms with Gasteiger partial charge in [0, 0.05) is 23.4 Å². The third-order valence-corrected chi connectivity index (χ3v) is 6.13. The zero-order valence-electron chi connectivity index (χ0n) is 19.8. The van der Waals surface area contributed by atoms with Crippen molar-refractivity contribution in [1.29, 1.82) is 5.26 Å². The lowest BCUT2D eigenvalue weighted by Gasteiger charge is -2.22. The van der Waals surface area contributed by atoms with Crippen LogP contribution < -0.4 is 10.1 Å². The zero-order chi connectivity index (χ0) is 23.9. The number of nitrogens with zero attached hydrogens (tertiary/aromatic N) is 3. The number of nitriles is 1. The molecular formula is C28H30N4O2. The van der Waals surface area contributed by atoms with Crippen molar-refractivity contribution in [3.8, 4) is 28.8 Å². The lowest BCUT2D eigenvalue weighted by molar-refractivity contribution is -0.117. The number of hydrogen-bond donors (Lipinski definition) is 1. The Morgan fingerprint density at radius 1 is 1.21 bits per heavy atom. The third-order valence-electron chi connectivity index (χ3n) is 6.13. The smallest absolute Gasteiger partial charge is 0.262 e. The summed E-state index contributed by atoms with van der Waals surface area (Å²) in [4.78, 5) is 12.9. The molecule has 1 heterocycles. The first-order valence-electron chi connectivity index (χ1n) is 11.9. The van der Waals surface area contributed by atoms with Gasteiger partial charge in [-0.3, -0.25) is 4.79 Å². The molecule has 174 valence electrons. The predicted octanol–water partition coefficient (Wildman–Crippen LogP) is 5.60. The molecule has 0 unspecified atom stereocenters. The minimum Gasteiger partial charge on any atom is -0.494 e. The van der Waals surface area contributed by atoms with Gasteiger partial charge in [-0.25, -0.2) is 4.68 Å². The molecule has 4 rings (SSSR count). The number of rotatable bonds is 7. The molecule has 1 N–H and O–H groups in total. The van der Waals surface area contributed by atoms with Crippen molar-refractivity contribution in [2.45, 2.75) is 52.0 Å². The van der Waals surface area contributed by atoms with Crippen molar-refractivity contribution in [2.75, 3.05) is 6.61 Å². The summed E-state index contributed by atoms with van der Waals surface area (Å²) >= 11 is 0. The number of para-hydroxylation sites is 1. The van der Waals surface area contributed by atoms with E-state index in [0.717, 1.165) is 48.2 Å². The van der Waals surface area contributed by atoms with Crippen LogP contribution in [0.2, 0.25) is 0 Å². The maximum atomic E-state index is 12.9. The molecule has 1 aliphatic carbocycles. The van der Waals surface area contributed by atoms with Crippen LogP contribution in [0.3, 0.4) is 0 Å². The van der Waals surface area contributed by atoms with Gasteiger partial charge in [0.15, 0.2) is 0 Å². The van der Waals surface area contributed by atoms with Crippen molar-refractivity contribution >= 4 is 12.0 Å². The average Bonchev–Trinajstić information content (AvgIpc) is 3.27. The standard InChI is InChI=1S/C28H30N4O2/c1-3-34-25-14-15-26(20(2)16-25)27-22(19-32(31-27)24-12-8-5-9-13-24)17-21(18-29)28(33)30-23-10-6-4-7-11-23/h5,8-9,12-17,19,23H,3-4,6-7,10-11H2,1-2H3,(H,30,33)/b21-17+. The van der Waals surface area contributed by atoms with E-state index in [0.29, 0.717) is 17.9 Å². The van der Waals surface area contributed by atoms with Gasteiger partial charge in [-0.05, 0) is 68.7 Å². The zero-order valence-corrected chi connectivity index (χ0v) is 19.8. The molecule has 3 aromatic rings. The first kappa shape index (κ1) is 23.3. The second kappa shape index (κ2) is 10.8. The predicted molar refractivity (Wildman–Crippen MR) is 134 cm³/mol. The number of aromatic nitrogens is 2. The Bertz CT molecular complexity index is 1210. The summed E-state index contributed by atoms with van der Waals surface area (Å²) in [5.41, 5.74) is 4.34. The number of ether oxygens (including phenoxy) is 1. The molecule has 0 saturated heterocycles. The Kier molecular flexibility index (Phi) is 7.44. The van der Waals surface area contributed by atoms with Gasteiger partial charge in [-0.15, -0.1) is 0 Å². The Morgan fingerprint density at radius 3 is 2.65 bits per heavy atom. The molecule has 1 aromatic heterocycles. The number of carbonyl (C=O) groups excluding carboxylic acids is 1. The van der Waals surface area contributed by atoms with E-state index in [1.54, 1.807) is 10.8 Å². The minimum atomic E-state index is -0.323. The molecule has 1 saturated carbocycles. The first-order chi connectivity index (χ1) is 16.6. The lowest BCUT2D eigenvalue weighted by atomic mass is 9.95. The summed E-state index contributed by atoms with van der Waals surface area (Å²) in [5.74, 6) is 0.476. The van der Waals surface area contributed by atoms with E-state index in [2.05, 4.69) is 11.4 Å². The maximum Gasteiger partial charge on any atom is 0.262 e. The van der Waals surface area contributed by atoms with Crippen LogP contribution in [0.25, 0.3) is 23.0 Å². The molecule has 0 bridgehead atoms. The van der Waals surface area contributed by atoms with Gasteiger partial charge < -0.3 is 10.1 Å². The first-order valence-corrected chi connectivity index (χ1v) is 11.9. The summed E-state index contributed by atoms with van der Waals surface area (Å²) in [6.07, 6.45) is 8.88. The van der Waals surface area contributed by atoms with Gasteiger partial charge >= 0.3 is 0 Å². The number of nitrogens with one attached hydrogen (secondary N) is 1. The van der Waals surface area contributed by atoms with Crippen molar-refractivity contribution in [3.63, 3.8) is 0 Å². The van der Waals surface area contributed by atoms with Crippen LogP contribution in [-0.2, 0) is 4.79 Å². The highest BCUT2D eigenvalue weighted by atomic mass is 16.5. The summed E-state index contributed by atoms with van der Waals surface area (Å²) in [7, 11) is 0. The van der Waals surface area contributed by atoms with Crippen molar-refractivity contribution in [2.24, 2.45) is 0 Å². The summed E-state index contributed by atoms with van der Waals surface area (Å²) < 4.78 is 7.42. The fraction of sp³-hybridized carbons (Fsp3) is 0.321. The van der Waals surface area contributed by atoms with E-state index < -0.39 is 0 Å². The molecule has 0 spiro atoms. The average molecular weight is 455 g/mol. The number of carbonyl (C=O) groups is 1. The highest BCUT2D eigenvalue weighted by molar-refractivity contribution is 6.02. The SMILES string of the molecule is CCOc1ccc(-c2nn(-c3ccccc3)cc2/C=C(\C#N)C(=O)NC2CCCCC2)c(C)c1. The minimum absolute atomic E-state index is 0.0861. The molecule has 0 radical (unpaired) electrons. The van der Waals surface area contributed by atoms with Crippen molar-refractivity contribution < 1.29 is 9.53 Å². The highest BCUT2D eigenvalue weighted by Gasteiger charge is 2.20. The maximum absolute atomic E-state index is 12.9. The Hall–Kier alpha value is -3.85. The monoisotopic (exact) mass is 454 g/mol. The van der Waals surface area contributed by atoms with Gasteiger partial charge in [0.25, 0.3) is 5.91 Å². The summed E-state index contributed by atoms with van der Waals surface area (Å²) in [5, 5.41) is 17.7. The van der Waals surface area contributed by atoms with Crippen molar-refractivity contribution in [3.05, 3.63) is 71.4 Å². The van der Waals surface area contributed by atoms with Crippen LogP contribution in [0.15, 0.2) is 60.3 Å². The van der Waals surface area contributed by atoms with E-state index in [9.17, 15) is 10.1 Å². The molecular weight excluding hydrogens is 424 g/mol. The van der Waals surface area contributed by atoms with E-state index in [1.807, 2.05) is 68.6 Å². The van der Waals surface area contributed by atoms with Crippen LogP contribution in [0, 0.1) is 18.3 Å².